The average Bonchev–Trinajstić information content (AvgIpc) is 2.28. The Kier molecular flexibility index (Phi) is 4.52. The van der Waals surface area contributed by atoms with Gasteiger partial charge in [-0.2, -0.15) is 5.26 Å². The van der Waals surface area contributed by atoms with Crippen molar-refractivity contribution < 1.29 is 18.3 Å². The van der Waals surface area contributed by atoms with Crippen LogP contribution in [-0.4, -0.2) is 17.6 Å². The van der Waals surface area contributed by atoms with Gasteiger partial charge in [-0.3, -0.25) is 4.98 Å². The first-order valence-electron chi connectivity index (χ1n) is 4.56. The number of hydrogen-bond acceptors (Lipinski definition) is 4. The first-order chi connectivity index (χ1) is 8.02. The fourth-order valence-corrected chi connectivity index (χ4v) is 1.58. The summed E-state index contributed by atoms with van der Waals surface area (Å²) < 4.78 is 30.2. The molecule has 0 spiro atoms. The van der Waals surface area contributed by atoms with Crippen LogP contribution in [0.5, 0.6) is 0 Å². The number of nitrogens with zero attached hydrogens (tertiary/aromatic N) is 2. The SMILES string of the molecule is CCOC(=O)c1c(C(F)F)ncc(Br)c1C#N. The maximum absolute atomic E-state index is 12.7. The van der Waals surface area contributed by atoms with Crippen molar-refractivity contribution in [3.63, 3.8) is 0 Å². The Bertz CT molecular complexity index is 486. The van der Waals surface area contributed by atoms with Gasteiger partial charge >= 0.3 is 5.97 Å². The lowest BCUT2D eigenvalue weighted by atomic mass is 10.1. The zero-order valence-electron chi connectivity index (χ0n) is 8.71. The van der Waals surface area contributed by atoms with Crippen LogP contribution in [0.1, 0.15) is 35.0 Å². The third-order valence-corrected chi connectivity index (χ3v) is 2.46. The molecule has 0 saturated heterocycles. The highest BCUT2D eigenvalue weighted by Gasteiger charge is 2.26. The molecule has 0 N–H and O–H groups in total. The van der Waals surface area contributed by atoms with E-state index in [2.05, 4.69) is 25.7 Å². The van der Waals surface area contributed by atoms with Crippen LogP contribution in [0.15, 0.2) is 10.7 Å². The molecule has 17 heavy (non-hydrogen) atoms. The molecule has 0 saturated carbocycles. The molecule has 0 aliphatic rings. The van der Waals surface area contributed by atoms with Crippen molar-refractivity contribution in [1.82, 2.24) is 4.98 Å². The fourth-order valence-electron chi connectivity index (χ4n) is 1.19. The van der Waals surface area contributed by atoms with Gasteiger partial charge in [-0.15, -0.1) is 0 Å². The average molecular weight is 305 g/mol. The Labute approximate surface area is 104 Å². The molecule has 1 aromatic rings. The number of halogens is 3. The predicted octanol–water partition coefficient (Wildman–Crippen LogP) is 2.83. The molecule has 90 valence electrons. The number of carbonyl (C=O) groups excluding carboxylic acids is 1. The van der Waals surface area contributed by atoms with Gasteiger partial charge in [0.2, 0.25) is 0 Å². The molecule has 1 aromatic heterocycles. The molecule has 1 rings (SSSR count). The van der Waals surface area contributed by atoms with Crippen LogP contribution in [0.3, 0.4) is 0 Å². The standard InChI is InChI=1S/C10H7BrF2N2O2/c1-2-17-10(16)7-5(3-14)6(11)4-15-8(7)9(12)13/h4,9H,2H2,1H3. The Morgan fingerprint density at radius 3 is 2.82 bits per heavy atom. The Hall–Kier alpha value is -1.55. The zero-order chi connectivity index (χ0) is 13.0. The number of nitriles is 1. The summed E-state index contributed by atoms with van der Waals surface area (Å²) in [6.45, 7) is 1.57. The zero-order valence-corrected chi connectivity index (χ0v) is 10.3. The summed E-state index contributed by atoms with van der Waals surface area (Å²) in [6, 6.07) is 1.68. The van der Waals surface area contributed by atoms with Crippen molar-refractivity contribution >= 4 is 21.9 Å². The number of aromatic nitrogens is 1. The molecule has 1 heterocycles. The quantitative estimate of drug-likeness (QED) is 0.806. The van der Waals surface area contributed by atoms with Gasteiger partial charge in [0.1, 0.15) is 17.3 Å². The largest absolute Gasteiger partial charge is 0.462 e. The lowest BCUT2D eigenvalue weighted by Gasteiger charge is -2.09. The molecule has 0 aliphatic heterocycles. The van der Waals surface area contributed by atoms with Crippen LogP contribution in [0.4, 0.5) is 8.78 Å². The highest BCUT2D eigenvalue weighted by atomic mass is 79.9. The molecular weight excluding hydrogens is 298 g/mol. The number of hydrogen-bond donors (Lipinski definition) is 0. The first kappa shape index (κ1) is 13.5. The Balaban J connectivity index is 3.45. The van der Waals surface area contributed by atoms with Crippen molar-refractivity contribution in [1.29, 1.82) is 5.26 Å². The predicted molar refractivity (Wildman–Crippen MR) is 57.6 cm³/mol. The van der Waals surface area contributed by atoms with Crippen LogP contribution in [0, 0.1) is 11.3 Å². The van der Waals surface area contributed by atoms with Gasteiger partial charge in [0.05, 0.1) is 16.6 Å². The monoisotopic (exact) mass is 304 g/mol. The lowest BCUT2D eigenvalue weighted by molar-refractivity contribution is 0.0513. The second kappa shape index (κ2) is 5.68. The summed E-state index contributed by atoms with van der Waals surface area (Å²) in [7, 11) is 0. The van der Waals surface area contributed by atoms with E-state index in [0.29, 0.717) is 0 Å². The lowest BCUT2D eigenvalue weighted by Crippen LogP contribution is -2.13. The number of carbonyl (C=O) groups is 1. The molecule has 0 atom stereocenters. The normalized spacial score (nSPS) is 10.1. The van der Waals surface area contributed by atoms with Gasteiger partial charge in [-0.1, -0.05) is 0 Å². The first-order valence-corrected chi connectivity index (χ1v) is 5.36. The highest BCUT2D eigenvalue weighted by molar-refractivity contribution is 9.10. The van der Waals surface area contributed by atoms with Gasteiger partial charge in [0.25, 0.3) is 6.43 Å². The number of rotatable bonds is 3. The van der Waals surface area contributed by atoms with Gasteiger partial charge in [0, 0.05) is 6.20 Å². The van der Waals surface area contributed by atoms with Gasteiger partial charge < -0.3 is 4.74 Å². The fraction of sp³-hybridized carbons (Fsp3) is 0.300. The molecule has 0 fully saturated rings. The van der Waals surface area contributed by atoms with Crippen LogP contribution in [0.25, 0.3) is 0 Å². The number of pyridine rings is 1. The molecule has 0 amide bonds. The summed E-state index contributed by atoms with van der Waals surface area (Å²) in [6.07, 6.45) is -1.89. The highest BCUT2D eigenvalue weighted by Crippen LogP contribution is 2.28. The van der Waals surface area contributed by atoms with E-state index in [1.165, 1.54) is 6.92 Å². The maximum atomic E-state index is 12.7. The minimum atomic E-state index is -2.95. The van der Waals surface area contributed by atoms with Crippen molar-refractivity contribution in [3.8, 4) is 6.07 Å². The Morgan fingerprint density at radius 2 is 2.35 bits per heavy atom. The van der Waals surface area contributed by atoms with Crippen molar-refractivity contribution in [3.05, 3.63) is 27.5 Å². The van der Waals surface area contributed by atoms with Gasteiger partial charge in [-0.25, -0.2) is 13.6 Å². The molecule has 7 heteroatoms. The van der Waals surface area contributed by atoms with Crippen LogP contribution >= 0.6 is 15.9 Å². The third kappa shape index (κ3) is 2.77. The van der Waals surface area contributed by atoms with Gasteiger partial charge in [0.15, 0.2) is 0 Å². The maximum Gasteiger partial charge on any atom is 0.341 e. The smallest absolute Gasteiger partial charge is 0.341 e. The molecule has 0 unspecified atom stereocenters. The van der Waals surface area contributed by atoms with E-state index >= 15 is 0 Å². The van der Waals surface area contributed by atoms with E-state index in [9.17, 15) is 13.6 Å². The number of esters is 1. The minimum absolute atomic E-state index is 0.0267. The second-order valence-corrected chi connectivity index (χ2v) is 3.73. The van der Waals surface area contributed by atoms with Crippen LogP contribution in [0.2, 0.25) is 0 Å². The van der Waals surface area contributed by atoms with E-state index in [4.69, 9.17) is 5.26 Å². The van der Waals surface area contributed by atoms with Crippen LogP contribution in [-0.2, 0) is 4.74 Å². The number of ether oxygens (including phenoxy) is 1. The minimum Gasteiger partial charge on any atom is -0.462 e. The molecule has 4 nitrogen and oxygen atoms in total. The summed E-state index contributed by atoms with van der Waals surface area (Å²) in [4.78, 5) is 15.0. The van der Waals surface area contributed by atoms with E-state index < -0.39 is 23.7 Å². The molecule has 0 aromatic carbocycles. The van der Waals surface area contributed by atoms with E-state index in [1.807, 2.05) is 0 Å². The van der Waals surface area contributed by atoms with Crippen LogP contribution < -0.4 is 0 Å². The molecular formula is C10H7BrF2N2O2. The summed E-state index contributed by atoms with van der Waals surface area (Å²) in [5, 5.41) is 8.86. The van der Waals surface area contributed by atoms with Crippen molar-refractivity contribution in [2.75, 3.05) is 6.61 Å². The topological polar surface area (TPSA) is 63.0 Å². The molecule has 0 radical (unpaired) electrons. The Morgan fingerprint density at radius 1 is 1.71 bits per heavy atom. The van der Waals surface area contributed by atoms with Crippen molar-refractivity contribution in [2.45, 2.75) is 13.3 Å². The summed E-state index contributed by atoms with van der Waals surface area (Å²) >= 11 is 2.97. The van der Waals surface area contributed by atoms with E-state index in [-0.39, 0.29) is 16.6 Å². The summed E-state index contributed by atoms with van der Waals surface area (Å²) in [5.41, 5.74) is -1.43. The molecule has 0 bridgehead atoms. The van der Waals surface area contributed by atoms with Crippen molar-refractivity contribution in [2.24, 2.45) is 0 Å². The summed E-state index contributed by atoms with van der Waals surface area (Å²) in [5.74, 6) is -0.979. The molecule has 0 aliphatic carbocycles. The van der Waals surface area contributed by atoms with Gasteiger partial charge in [-0.05, 0) is 22.9 Å². The third-order valence-electron chi connectivity index (χ3n) is 1.86. The van der Waals surface area contributed by atoms with E-state index in [0.717, 1.165) is 6.20 Å². The van der Waals surface area contributed by atoms with E-state index in [1.54, 1.807) is 6.07 Å². The number of alkyl halides is 2. The second-order valence-electron chi connectivity index (χ2n) is 2.87.